The van der Waals surface area contributed by atoms with Gasteiger partial charge < -0.3 is 29.6 Å². The van der Waals surface area contributed by atoms with Gasteiger partial charge in [0.25, 0.3) is 0 Å². The van der Waals surface area contributed by atoms with Crippen LogP contribution in [0.2, 0.25) is 0 Å². The summed E-state index contributed by atoms with van der Waals surface area (Å²) in [4.78, 5) is 36.2. The van der Waals surface area contributed by atoms with Crippen LogP contribution in [-0.2, 0) is 18.8 Å². The first-order valence-electron chi connectivity index (χ1n) is 12.3. The molecule has 2 atom stereocenters. The molecule has 2 aliphatic rings. The number of nitrogens with one attached hydrogen (secondary N) is 2. The topological polar surface area (TPSA) is 115 Å². The molecule has 2 saturated heterocycles. The zero-order chi connectivity index (χ0) is 26.2. The van der Waals surface area contributed by atoms with Crippen molar-refractivity contribution in [2.24, 2.45) is 5.92 Å². The molecule has 0 aliphatic carbocycles. The lowest BCUT2D eigenvalue weighted by Gasteiger charge is -2.32. The molecular formula is C24H40BN5O5. The average molecular weight is 489 g/mol. The predicted octanol–water partition coefficient (Wildman–Crippen LogP) is 2.02. The summed E-state index contributed by atoms with van der Waals surface area (Å²) in [6.07, 6.45) is 3.62. The summed E-state index contributed by atoms with van der Waals surface area (Å²) in [7, 11) is -0.509. The van der Waals surface area contributed by atoms with E-state index in [1.54, 1.807) is 33.2 Å². The Morgan fingerprint density at radius 2 is 1.71 bits per heavy atom. The fourth-order valence-electron chi connectivity index (χ4n) is 3.92. The SMILES string of the molecule is CC(C)C(NC(=O)OC(C)(C)C)C(=O)N[C@@H]1CCN(c2ncc(B3OC(C)(C)C(C)(C)O3)cn2)C1. The number of carbonyl (C=O) groups is 2. The van der Waals surface area contributed by atoms with E-state index in [0.29, 0.717) is 19.0 Å². The second-order valence-corrected chi connectivity index (χ2v) is 11.7. The van der Waals surface area contributed by atoms with Gasteiger partial charge in [-0.3, -0.25) is 4.79 Å². The molecule has 194 valence electrons. The van der Waals surface area contributed by atoms with Gasteiger partial charge in [0.2, 0.25) is 11.9 Å². The van der Waals surface area contributed by atoms with Crippen LogP contribution in [0.4, 0.5) is 10.7 Å². The summed E-state index contributed by atoms with van der Waals surface area (Å²) in [6, 6.07) is -0.759. The number of hydrogen-bond acceptors (Lipinski definition) is 8. The average Bonchev–Trinajstić information content (AvgIpc) is 3.26. The van der Waals surface area contributed by atoms with Gasteiger partial charge in [-0.25, -0.2) is 14.8 Å². The lowest BCUT2D eigenvalue weighted by Crippen LogP contribution is -2.53. The minimum absolute atomic E-state index is 0.0736. The number of rotatable bonds is 6. The van der Waals surface area contributed by atoms with Crippen molar-refractivity contribution in [1.82, 2.24) is 20.6 Å². The van der Waals surface area contributed by atoms with Crippen molar-refractivity contribution in [3.63, 3.8) is 0 Å². The molecule has 2 amide bonds. The van der Waals surface area contributed by atoms with E-state index in [1.165, 1.54) is 0 Å². The highest BCUT2D eigenvalue weighted by atomic mass is 16.7. The predicted molar refractivity (Wildman–Crippen MR) is 135 cm³/mol. The van der Waals surface area contributed by atoms with Gasteiger partial charge >= 0.3 is 13.2 Å². The van der Waals surface area contributed by atoms with Crippen LogP contribution in [0.25, 0.3) is 0 Å². The molecule has 2 fully saturated rings. The summed E-state index contributed by atoms with van der Waals surface area (Å²) in [5.74, 6) is 0.273. The van der Waals surface area contributed by atoms with Crippen LogP contribution in [0.15, 0.2) is 12.4 Å². The normalized spacial score (nSPS) is 22.3. The van der Waals surface area contributed by atoms with Gasteiger partial charge in [-0.2, -0.15) is 0 Å². The van der Waals surface area contributed by atoms with E-state index >= 15 is 0 Å². The highest BCUT2D eigenvalue weighted by molar-refractivity contribution is 6.61. The van der Waals surface area contributed by atoms with Gasteiger partial charge in [-0.15, -0.1) is 0 Å². The van der Waals surface area contributed by atoms with E-state index < -0.39 is 36.1 Å². The van der Waals surface area contributed by atoms with Gasteiger partial charge in [0.05, 0.1) is 11.2 Å². The maximum Gasteiger partial charge on any atom is 0.498 e. The van der Waals surface area contributed by atoms with Crippen LogP contribution in [-0.4, -0.2) is 71.1 Å². The zero-order valence-electron chi connectivity index (χ0n) is 22.5. The van der Waals surface area contributed by atoms with Crippen LogP contribution in [0.5, 0.6) is 0 Å². The van der Waals surface area contributed by atoms with Gasteiger partial charge in [-0.1, -0.05) is 13.8 Å². The molecule has 1 aromatic heterocycles. The highest BCUT2D eigenvalue weighted by Crippen LogP contribution is 2.36. The number of hydrogen-bond donors (Lipinski definition) is 2. The summed E-state index contributed by atoms with van der Waals surface area (Å²) >= 11 is 0. The minimum Gasteiger partial charge on any atom is -0.444 e. The van der Waals surface area contributed by atoms with Gasteiger partial charge in [0.15, 0.2) is 0 Å². The Labute approximate surface area is 209 Å². The maximum absolute atomic E-state index is 12.9. The van der Waals surface area contributed by atoms with Crippen molar-refractivity contribution >= 4 is 30.5 Å². The first-order chi connectivity index (χ1) is 16.1. The molecule has 0 radical (unpaired) electrons. The third kappa shape index (κ3) is 6.64. The Morgan fingerprint density at radius 1 is 1.14 bits per heavy atom. The molecule has 1 unspecified atom stereocenters. The maximum atomic E-state index is 12.9. The highest BCUT2D eigenvalue weighted by Gasteiger charge is 2.52. The van der Waals surface area contributed by atoms with E-state index in [9.17, 15) is 9.59 Å². The van der Waals surface area contributed by atoms with E-state index in [0.717, 1.165) is 11.9 Å². The van der Waals surface area contributed by atoms with Crippen LogP contribution < -0.4 is 21.0 Å². The number of alkyl carbamates (subject to hydrolysis) is 1. The second-order valence-electron chi connectivity index (χ2n) is 11.7. The summed E-state index contributed by atoms with van der Waals surface area (Å²) < 4.78 is 17.4. The number of ether oxygens (including phenoxy) is 1. The number of carbonyl (C=O) groups excluding carboxylic acids is 2. The molecule has 2 N–H and O–H groups in total. The van der Waals surface area contributed by atoms with E-state index in [4.69, 9.17) is 14.0 Å². The Hall–Kier alpha value is -2.40. The standard InChI is InChI=1S/C24H40BN5O5/c1-15(2)18(29-21(32)33-22(3,4)5)19(31)28-17-10-11-30(14-17)20-26-12-16(13-27-20)25-34-23(6,7)24(8,9)35-25/h12-13,15,17-18H,10-11,14H2,1-9H3,(H,28,31)(H,29,32)/t17-,18?/m1/s1. The van der Waals surface area contributed by atoms with Crippen LogP contribution >= 0.6 is 0 Å². The van der Waals surface area contributed by atoms with Crippen molar-refractivity contribution in [2.45, 2.75) is 97.6 Å². The number of anilines is 1. The molecule has 0 aromatic carbocycles. The van der Waals surface area contributed by atoms with Gasteiger partial charge in [0.1, 0.15) is 11.6 Å². The third-order valence-corrected chi connectivity index (χ3v) is 6.62. The quantitative estimate of drug-likeness (QED) is 0.584. The van der Waals surface area contributed by atoms with Crippen molar-refractivity contribution in [2.75, 3.05) is 18.0 Å². The van der Waals surface area contributed by atoms with E-state index in [2.05, 4.69) is 20.6 Å². The molecule has 11 heteroatoms. The van der Waals surface area contributed by atoms with Crippen molar-refractivity contribution in [1.29, 1.82) is 0 Å². The van der Waals surface area contributed by atoms with Crippen LogP contribution in [0, 0.1) is 5.92 Å². The summed E-state index contributed by atoms with van der Waals surface area (Å²) in [5, 5.41) is 5.75. The fraction of sp³-hybridized carbons (Fsp3) is 0.750. The smallest absolute Gasteiger partial charge is 0.444 e. The molecule has 3 rings (SSSR count). The van der Waals surface area contributed by atoms with Crippen molar-refractivity contribution < 1.29 is 23.6 Å². The summed E-state index contributed by atoms with van der Waals surface area (Å²) in [6.45, 7) is 18.5. The van der Waals surface area contributed by atoms with E-state index in [1.807, 2.05) is 46.4 Å². The Kier molecular flexibility index (Phi) is 7.71. The largest absolute Gasteiger partial charge is 0.498 e. The molecule has 1 aromatic rings. The van der Waals surface area contributed by atoms with Crippen LogP contribution in [0.1, 0.15) is 68.7 Å². The Morgan fingerprint density at radius 3 is 2.23 bits per heavy atom. The van der Waals surface area contributed by atoms with Gasteiger partial charge in [-0.05, 0) is 60.8 Å². The Bertz CT molecular complexity index is 900. The minimum atomic E-state index is -0.686. The van der Waals surface area contributed by atoms with E-state index in [-0.39, 0.29) is 17.9 Å². The number of aromatic nitrogens is 2. The monoisotopic (exact) mass is 489 g/mol. The lowest BCUT2D eigenvalue weighted by atomic mass is 9.81. The first-order valence-corrected chi connectivity index (χ1v) is 12.3. The molecule has 0 saturated carbocycles. The number of nitrogens with zero attached hydrogens (tertiary/aromatic N) is 3. The van der Waals surface area contributed by atoms with Gasteiger partial charge in [0, 0.05) is 37.0 Å². The third-order valence-electron chi connectivity index (χ3n) is 6.62. The molecule has 35 heavy (non-hydrogen) atoms. The fourth-order valence-corrected chi connectivity index (χ4v) is 3.92. The first kappa shape index (κ1) is 27.2. The molecule has 3 heterocycles. The molecule has 0 spiro atoms. The molecule has 2 aliphatic heterocycles. The Balaban J connectivity index is 1.56. The number of amides is 2. The zero-order valence-corrected chi connectivity index (χ0v) is 22.5. The molecular weight excluding hydrogens is 449 g/mol. The molecule has 0 bridgehead atoms. The van der Waals surface area contributed by atoms with Crippen molar-refractivity contribution in [3.05, 3.63) is 12.4 Å². The summed E-state index contributed by atoms with van der Waals surface area (Å²) in [5.41, 5.74) is -0.720. The molecule has 10 nitrogen and oxygen atoms in total. The lowest BCUT2D eigenvalue weighted by molar-refractivity contribution is -0.124. The second kappa shape index (κ2) is 9.93. The van der Waals surface area contributed by atoms with Crippen LogP contribution in [0.3, 0.4) is 0 Å². The van der Waals surface area contributed by atoms with Crippen molar-refractivity contribution in [3.8, 4) is 0 Å².